The van der Waals surface area contributed by atoms with E-state index in [0.29, 0.717) is 11.3 Å². The highest BCUT2D eigenvalue weighted by molar-refractivity contribution is 9.10. The SMILES string of the molecule is O=C(COc1ccccc1Br)N/N=C\c1c(O)ccc2ccccc12. The summed E-state index contributed by atoms with van der Waals surface area (Å²) in [5.74, 6) is 0.279. The molecule has 25 heavy (non-hydrogen) atoms. The number of hydrazone groups is 1. The lowest BCUT2D eigenvalue weighted by molar-refractivity contribution is -0.123. The second-order valence-corrected chi connectivity index (χ2v) is 6.09. The van der Waals surface area contributed by atoms with Crippen molar-refractivity contribution in [1.82, 2.24) is 5.43 Å². The second-order valence-electron chi connectivity index (χ2n) is 5.23. The number of para-hydroxylation sites is 1. The lowest BCUT2D eigenvalue weighted by Gasteiger charge is -2.07. The highest BCUT2D eigenvalue weighted by Crippen LogP contribution is 2.25. The van der Waals surface area contributed by atoms with Crippen molar-refractivity contribution in [3.63, 3.8) is 0 Å². The lowest BCUT2D eigenvalue weighted by atomic mass is 10.0. The summed E-state index contributed by atoms with van der Waals surface area (Å²) >= 11 is 3.35. The number of benzene rings is 3. The Balaban J connectivity index is 1.64. The van der Waals surface area contributed by atoms with E-state index in [0.717, 1.165) is 15.2 Å². The van der Waals surface area contributed by atoms with E-state index in [1.165, 1.54) is 6.21 Å². The standard InChI is InChI=1S/C19H15BrN2O3/c20-16-7-3-4-8-18(16)25-12-19(24)22-21-11-15-14-6-2-1-5-13(14)9-10-17(15)23/h1-11,23H,12H2,(H,22,24)/b21-11-. The number of hydrogen-bond acceptors (Lipinski definition) is 4. The van der Waals surface area contributed by atoms with Gasteiger partial charge in [0, 0.05) is 5.56 Å². The topological polar surface area (TPSA) is 70.9 Å². The summed E-state index contributed by atoms with van der Waals surface area (Å²) < 4.78 is 6.18. The molecule has 0 aliphatic carbocycles. The Hall–Kier alpha value is -2.86. The van der Waals surface area contributed by atoms with Crippen LogP contribution in [0.25, 0.3) is 10.8 Å². The van der Waals surface area contributed by atoms with Crippen molar-refractivity contribution in [3.8, 4) is 11.5 Å². The van der Waals surface area contributed by atoms with Crippen LogP contribution in [0.3, 0.4) is 0 Å². The molecule has 0 atom stereocenters. The summed E-state index contributed by atoms with van der Waals surface area (Å²) in [6, 6.07) is 18.3. The van der Waals surface area contributed by atoms with E-state index in [1.54, 1.807) is 12.1 Å². The molecule has 0 saturated heterocycles. The van der Waals surface area contributed by atoms with Crippen LogP contribution in [0, 0.1) is 0 Å². The van der Waals surface area contributed by atoms with Gasteiger partial charge in [-0.2, -0.15) is 5.10 Å². The van der Waals surface area contributed by atoms with Gasteiger partial charge >= 0.3 is 0 Å². The Morgan fingerprint density at radius 1 is 1.12 bits per heavy atom. The number of nitrogens with zero attached hydrogens (tertiary/aromatic N) is 1. The van der Waals surface area contributed by atoms with Crippen molar-refractivity contribution < 1.29 is 14.6 Å². The van der Waals surface area contributed by atoms with Crippen molar-refractivity contribution >= 4 is 38.8 Å². The highest BCUT2D eigenvalue weighted by atomic mass is 79.9. The molecule has 0 bridgehead atoms. The van der Waals surface area contributed by atoms with Gasteiger partial charge in [0.1, 0.15) is 11.5 Å². The number of carbonyl (C=O) groups excluding carboxylic acids is 1. The molecule has 0 fully saturated rings. The number of phenols is 1. The average Bonchev–Trinajstić information content (AvgIpc) is 2.63. The van der Waals surface area contributed by atoms with Gasteiger partial charge in [-0.15, -0.1) is 0 Å². The van der Waals surface area contributed by atoms with Crippen LogP contribution in [0.2, 0.25) is 0 Å². The van der Waals surface area contributed by atoms with Crippen LogP contribution in [0.4, 0.5) is 0 Å². The molecule has 1 amide bonds. The quantitative estimate of drug-likeness (QED) is 0.506. The van der Waals surface area contributed by atoms with Crippen LogP contribution < -0.4 is 10.2 Å². The van der Waals surface area contributed by atoms with E-state index in [4.69, 9.17) is 4.74 Å². The van der Waals surface area contributed by atoms with Crippen molar-refractivity contribution in [2.24, 2.45) is 5.10 Å². The molecule has 5 nitrogen and oxygen atoms in total. The van der Waals surface area contributed by atoms with Gasteiger partial charge in [-0.25, -0.2) is 5.43 Å². The zero-order valence-electron chi connectivity index (χ0n) is 13.1. The third kappa shape index (κ3) is 4.16. The third-order valence-corrected chi connectivity index (χ3v) is 4.18. The lowest BCUT2D eigenvalue weighted by Crippen LogP contribution is -2.24. The first kappa shape index (κ1) is 17.0. The molecule has 0 aliphatic rings. The minimum Gasteiger partial charge on any atom is -0.507 e. The summed E-state index contributed by atoms with van der Waals surface area (Å²) in [4.78, 5) is 11.8. The molecule has 2 N–H and O–H groups in total. The van der Waals surface area contributed by atoms with E-state index < -0.39 is 5.91 Å². The summed E-state index contributed by atoms with van der Waals surface area (Å²) in [5, 5.41) is 15.8. The molecule has 0 heterocycles. The number of aromatic hydroxyl groups is 1. The first-order valence-corrected chi connectivity index (χ1v) is 8.34. The van der Waals surface area contributed by atoms with E-state index in [-0.39, 0.29) is 12.4 Å². The predicted molar refractivity (Wildman–Crippen MR) is 101 cm³/mol. The predicted octanol–water partition coefficient (Wildman–Crippen LogP) is 3.84. The Bertz CT molecular complexity index is 941. The van der Waals surface area contributed by atoms with Gasteiger partial charge < -0.3 is 9.84 Å². The summed E-state index contributed by atoms with van der Waals surface area (Å²) in [6.45, 7) is -0.165. The molecule has 0 aliphatic heterocycles. The zero-order chi connectivity index (χ0) is 17.6. The van der Waals surface area contributed by atoms with Crippen LogP contribution in [-0.4, -0.2) is 23.8 Å². The van der Waals surface area contributed by atoms with E-state index >= 15 is 0 Å². The molecule has 0 aromatic heterocycles. The maximum absolute atomic E-state index is 11.8. The molecule has 0 spiro atoms. The first-order chi connectivity index (χ1) is 12.1. The van der Waals surface area contributed by atoms with Crippen molar-refractivity contribution in [1.29, 1.82) is 0 Å². The second kappa shape index (κ2) is 7.81. The van der Waals surface area contributed by atoms with Crippen LogP contribution in [0.1, 0.15) is 5.56 Å². The summed E-state index contributed by atoms with van der Waals surface area (Å²) in [6.07, 6.45) is 1.42. The smallest absolute Gasteiger partial charge is 0.277 e. The molecular formula is C19H15BrN2O3. The molecule has 3 rings (SSSR count). The van der Waals surface area contributed by atoms with Gasteiger partial charge in [-0.1, -0.05) is 42.5 Å². The maximum atomic E-state index is 11.8. The number of phenolic OH excluding ortho intramolecular Hbond substituents is 1. The maximum Gasteiger partial charge on any atom is 0.277 e. The molecule has 6 heteroatoms. The zero-order valence-corrected chi connectivity index (χ0v) is 14.7. The monoisotopic (exact) mass is 398 g/mol. The molecule has 3 aromatic carbocycles. The number of rotatable bonds is 5. The minimum atomic E-state index is -0.397. The molecule has 0 radical (unpaired) electrons. The van der Waals surface area contributed by atoms with Gasteiger partial charge in [0.25, 0.3) is 5.91 Å². The summed E-state index contributed by atoms with van der Waals surface area (Å²) in [7, 11) is 0. The fourth-order valence-corrected chi connectivity index (χ4v) is 2.73. The molecule has 0 saturated carbocycles. The van der Waals surface area contributed by atoms with Crippen LogP contribution in [0.15, 0.2) is 70.2 Å². The normalized spacial score (nSPS) is 10.9. The Kier molecular flexibility index (Phi) is 5.30. The van der Waals surface area contributed by atoms with Gasteiger partial charge in [-0.3, -0.25) is 4.79 Å². The summed E-state index contributed by atoms with van der Waals surface area (Å²) in [5.41, 5.74) is 2.94. The van der Waals surface area contributed by atoms with E-state index in [1.807, 2.05) is 48.5 Å². The molecule has 126 valence electrons. The fourth-order valence-electron chi connectivity index (χ4n) is 2.33. The van der Waals surface area contributed by atoms with Gasteiger partial charge in [-0.05, 0) is 44.9 Å². The average molecular weight is 399 g/mol. The number of carbonyl (C=O) groups is 1. The number of halogens is 1. The largest absolute Gasteiger partial charge is 0.507 e. The molecular weight excluding hydrogens is 384 g/mol. The van der Waals surface area contributed by atoms with Crippen LogP contribution in [0.5, 0.6) is 11.5 Å². The van der Waals surface area contributed by atoms with Crippen molar-refractivity contribution in [2.75, 3.05) is 6.61 Å². The van der Waals surface area contributed by atoms with Crippen LogP contribution in [-0.2, 0) is 4.79 Å². The molecule has 0 unspecified atom stereocenters. The fraction of sp³-hybridized carbons (Fsp3) is 0.0526. The van der Waals surface area contributed by atoms with Gasteiger partial charge in [0.05, 0.1) is 10.7 Å². The van der Waals surface area contributed by atoms with Gasteiger partial charge in [0.2, 0.25) is 0 Å². The number of hydrogen-bond donors (Lipinski definition) is 2. The Morgan fingerprint density at radius 3 is 2.72 bits per heavy atom. The van der Waals surface area contributed by atoms with E-state index in [9.17, 15) is 9.90 Å². The Labute approximate surface area is 153 Å². The number of amides is 1. The number of fused-ring (bicyclic) bond motifs is 1. The van der Waals surface area contributed by atoms with Crippen molar-refractivity contribution in [2.45, 2.75) is 0 Å². The van der Waals surface area contributed by atoms with E-state index in [2.05, 4.69) is 26.5 Å². The highest BCUT2D eigenvalue weighted by Gasteiger charge is 2.06. The Morgan fingerprint density at radius 2 is 1.88 bits per heavy atom. The first-order valence-electron chi connectivity index (χ1n) is 7.55. The number of nitrogens with one attached hydrogen (secondary N) is 1. The van der Waals surface area contributed by atoms with Crippen molar-refractivity contribution in [3.05, 3.63) is 70.7 Å². The van der Waals surface area contributed by atoms with Gasteiger partial charge in [0.15, 0.2) is 6.61 Å². The molecule has 3 aromatic rings. The third-order valence-electron chi connectivity index (χ3n) is 3.53. The number of ether oxygens (including phenoxy) is 1. The minimum absolute atomic E-state index is 0.0983. The van der Waals surface area contributed by atoms with Crippen LogP contribution >= 0.6 is 15.9 Å².